The molecule has 144 valence electrons. The Morgan fingerprint density at radius 2 is 2.04 bits per heavy atom. The highest BCUT2D eigenvalue weighted by Crippen LogP contribution is 2.28. The Kier molecular flexibility index (Phi) is 6.38. The van der Waals surface area contributed by atoms with E-state index in [4.69, 9.17) is 11.6 Å². The summed E-state index contributed by atoms with van der Waals surface area (Å²) in [6.07, 6.45) is 4.14. The van der Waals surface area contributed by atoms with Crippen molar-refractivity contribution in [3.63, 3.8) is 0 Å². The number of hydrogen-bond donors (Lipinski definition) is 2. The lowest BCUT2D eigenvalue weighted by molar-refractivity contribution is 0.0956. The molecule has 28 heavy (non-hydrogen) atoms. The SMILES string of the molecule is Cc1cc(NC(=O)c2ccc(F)cc2Cl)sc1C(=O)NCCc1cccnc1. The first-order valence-electron chi connectivity index (χ1n) is 8.48. The largest absolute Gasteiger partial charge is 0.351 e. The van der Waals surface area contributed by atoms with Crippen LogP contribution in [0.2, 0.25) is 5.02 Å². The van der Waals surface area contributed by atoms with Gasteiger partial charge in [-0.25, -0.2) is 4.39 Å². The van der Waals surface area contributed by atoms with Gasteiger partial charge in [0.05, 0.1) is 20.5 Å². The maximum Gasteiger partial charge on any atom is 0.261 e. The van der Waals surface area contributed by atoms with Crippen LogP contribution in [0.4, 0.5) is 9.39 Å². The van der Waals surface area contributed by atoms with E-state index < -0.39 is 11.7 Å². The number of halogens is 2. The Labute approximate surface area is 170 Å². The summed E-state index contributed by atoms with van der Waals surface area (Å²) in [5.41, 5.74) is 1.95. The fourth-order valence-corrected chi connectivity index (χ4v) is 3.81. The van der Waals surface area contributed by atoms with E-state index >= 15 is 0 Å². The molecule has 0 spiro atoms. The predicted octanol–water partition coefficient (Wildman–Crippen LogP) is 4.47. The molecule has 0 bridgehead atoms. The van der Waals surface area contributed by atoms with Crippen LogP contribution < -0.4 is 10.6 Å². The van der Waals surface area contributed by atoms with Gasteiger partial charge in [-0.05, 0) is 54.8 Å². The highest BCUT2D eigenvalue weighted by atomic mass is 35.5. The van der Waals surface area contributed by atoms with Crippen molar-refractivity contribution in [2.75, 3.05) is 11.9 Å². The third-order valence-electron chi connectivity index (χ3n) is 3.96. The van der Waals surface area contributed by atoms with E-state index in [2.05, 4.69) is 15.6 Å². The van der Waals surface area contributed by atoms with Crippen LogP contribution in [-0.4, -0.2) is 23.3 Å². The summed E-state index contributed by atoms with van der Waals surface area (Å²) < 4.78 is 13.1. The van der Waals surface area contributed by atoms with Crippen LogP contribution in [0.1, 0.15) is 31.2 Å². The number of pyridine rings is 1. The van der Waals surface area contributed by atoms with Gasteiger partial charge in [0.15, 0.2) is 0 Å². The number of aromatic nitrogens is 1. The second-order valence-corrected chi connectivity index (χ2v) is 7.53. The van der Waals surface area contributed by atoms with E-state index in [1.54, 1.807) is 25.4 Å². The first-order chi connectivity index (χ1) is 13.4. The standard InChI is InChI=1S/C20H17ClFN3O2S/c1-12-9-17(25-19(26)15-5-4-14(22)10-16(15)21)28-18(12)20(27)24-8-6-13-3-2-7-23-11-13/h2-5,7,9-11H,6,8H2,1H3,(H,24,27)(H,25,26). The van der Waals surface area contributed by atoms with Crippen LogP contribution in [0, 0.1) is 12.7 Å². The van der Waals surface area contributed by atoms with Gasteiger partial charge in [0.2, 0.25) is 0 Å². The Hall–Kier alpha value is -2.77. The molecule has 0 unspecified atom stereocenters. The normalized spacial score (nSPS) is 10.5. The van der Waals surface area contributed by atoms with E-state index in [1.807, 2.05) is 12.1 Å². The molecule has 0 atom stereocenters. The minimum Gasteiger partial charge on any atom is -0.351 e. The van der Waals surface area contributed by atoms with Crippen LogP contribution in [0.3, 0.4) is 0 Å². The molecule has 0 aliphatic heterocycles. The summed E-state index contributed by atoms with van der Waals surface area (Å²) in [5.74, 6) is -1.18. The smallest absolute Gasteiger partial charge is 0.261 e. The van der Waals surface area contributed by atoms with Gasteiger partial charge >= 0.3 is 0 Å². The zero-order valence-electron chi connectivity index (χ0n) is 15.0. The topological polar surface area (TPSA) is 71.1 Å². The van der Waals surface area contributed by atoms with Crippen molar-refractivity contribution in [3.8, 4) is 0 Å². The lowest BCUT2D eigenvalue weighted by Gasteiger charge is -2.05. The minimum atomic E-state index is -0.515. The van der Waals surface area contributed by atoms with Gasteiger partial charge in [0, 0.05) is 18.9 Å². The number of nitrogens with zero attached hydrogens (tertiary/aromatic N) is 1. The number of thiophene rings is 1. The van der Waals surface area contributed by atoms with Gasteiger partial charge in [-0.1, -0.05) is 17.7 Å². The van der Waals surface area contributed by atoms with Crippen LogP contribution in [0.15, 0.2) is 48.8 Å². The molecule has 2 amide bonds. The van der Waals surface area contributed by atoms with Crippen LogP contribution >= 0.6 is 22.9 Å². The molecule has 2 aromatic heterocycles. The average molecular weight is 418 g/mol. The van der Waals surface area contributed by atoms with E-state index in [1.165, 1.54) is 23.5 Å². The van der Waals surface area contributed by atoms with Gasteiger partial charge in [0.1, 0.15) is 5.82 Å². The maximum atomic E-state index is 13.1. The molecule has 0 radical (unpaired) electrons. The maximum absolute atomic E-state index is 13.1. The number of amides is 2. The number of rotatable bonds is 6. The molecule has 3 aromatic rings. The monoisotopic (exact) mass is 417 g/mol. The van der Waals surface area contributed by atoms with Crippen molar-refractivity contribution in [2.24, 2.45) is 0 Å². The summed E-state index contributed by atoms with van der Waals surface area (Å²) in [4.78, 5) is 29.3. The molecule has 0 fully saturated rings. The zero-order chi connectivity index (χ0) is 20.1. The quantitative estimate of drug-likeness (QED) is 0.621. The summed E-state index contributed by atoms with van der Waals surface area (Å²) in [6.45, 7) is 2.28. The van der Waals surface area contributed by atoms with Gasteiger partial charge in [0.25, 0.3) is 11.8 Å². The number of hydrogen-bond acceptors (Lipinski definition) is 4. The zero-order valence-corrected chi connectivity index (χ0v) is 16.5. The number of benzene rings is 1. The second kappa shape index (κ2) is 8.95. The lowest BCUT2D eigenvalue weighted by atomic mass is 10.2. The van der Waals surface area contributed by atoms with Crippen LogP contribution in [0.5, 0.6) is 0 Å². The highest BCUT2D eigenvalue weighted by molar-refractivity contribution is 7.18. The third kappa shape index (κ3) is 4.94. The van der Waals surface area contributed by atoms with E-state index in [-0.39, 0.29) is 16.5 Å². The van der Waals surface area contributed by atoms with E-state index in [0.29, 0.717) is 22.8 Å². The van der Waals surface area contributed by atoms with Crippen molar-refractivity contribution in [1.29, 1.82) is 0 Å². The van der Waals surface area contributed by atoms with E-state index in [9.17, 15) is 14.0 Å². The van der Waals surface area contributed by atoms with Crippen molar-refractivity contribution in [2.45, 2.75) is 13.3 Å². The number of aryl methyl sites for hydroxylation is 1. The number of carbonyl (C=O) groups excluding carboxylic acids is 2. The molecule has 0 saturated heterocycles. The predicted molar refractivity (Wildman–Crippen MR) is 109 cm³/mol. The summed E-state index contributed by atoms with van der Waals surface area (Å²) >= 11 is 7.09. The fourth-order valence-electron chi connectivity index (χ4n) is 2.57. The lowest BCUT2D eigenvalue weighted by Crippen LogP contribution is -2.25. The average Bonchev–Trinajstić information content (AvgIpc) is 3.02. The summed E-state index contributed by atoms with van der Waals surface area (Å²) in [6, 6.07) is 9.08. The highest BCUT2D eigenvalue weighted by Gasteiger charge is 2.17. The Morgan fingerprint density at radius 1 is 1.21 bits per heavy atom. The van der Waals surface area contributed by atoms with Gasteiger partial charge in [-0.3, -0.25) is 14.6 Å². The van der Waals surface area contributed by atoms with E-state index in [0.717, 1.165) is 17.2 Å². The van der Waals surface area contributed by atoms with Crippen molar-refractivity contribution >= 4 is 39.8 Å². The van der Waals surface area contributed by atoms with Crippen molar-refractivity contribution in [3.05, 3.63) is 81.2 Å². The van der Waals surface area contributed by atoms with Crippen molar-refractivity contribution in [1.82, 2.24) is 10.3 Å². The summed E-state index contributed by atoms with van der Waals surface area (Å²) in [7, 11) is 0. The molecule has 1 aromatic carbocycles. The molecule has 0 saturated carbocycles. The molecular formula is C20H17ClFN3O2S. The Bertz CT molecular complexity index is 1010. The Morgan fingerprint density at radius 3 is 2.75 bits per heavy atom. The summed E-state index contributed by atoms with van der Waals surface area (Å²) in [5, 5.41) is 6.11. The van der Waals surface area contributed by atoms with Gasteiger partial charge in [-0.2, -0.15) is 0 Å². The third-order valence-corrected chi connectivity index (χ3v) is 5.42. The first-order valence-corrected chi connectivity index (χ1v) is 9.67. The second-order valence-electron chi connectivity index (χ2n) is 6.07. The molecule has 2 N–H and O–H groups in total. The molecule has 3 rings (SSSR count). The molecule has 2 heterocycles. The van der Waals surface area contributed by atoms with Gasteiger partial charge < -0.3 is 10.6 Å². The van der Waals surface area contributed by atoms with Gasteiger partial charge in [-0.15, -0.1) is 11.3 Å². The minimum absolute atomic E-state index is 0.0270. The first kappa shape index (κ1) is 20.0. The van der Waals surface area contributed by atoms with Crippen molar-refractivity contribution < 1.29 is 14.0 Å². The number of nitrogens with one attached hydrogen (secondary N) is 2. The fraction of sp³-hybridized carbons (Fsp3) is 0.150. The van der Waals surface area contributed by atoms with Crippen LogP contribution in [0.25, 0.3) is 0 Å². The molecule has 8 heteroatoms. The molecule has 5 nitrogen and oxygen atoms in total. The number of anilines is 1. The van der Waals surface area contributed by atoms with Crippen LogP contribution in [-0.2, 0) is 6.42 Å². The Balaban J connectivity index is 1.62. The molecule has 0 aliphatic carbocycles. The molecular weight excluding hydrogens is 401 g/mol. The number of carbonyl (C=O) groups is 2. The molecule has 0 aliphatic rings.